The highest BCUT2D eigenvalue weighted by molar-refractivity contribution is 5.66. The fourth-order valence-corrected chi connectivity index (χ4v) is 2.80. The summed E-state index contributed by atoms with van der Waals surface area (Å²) in [6.07, 6.45) is 9.41. The Balaban J connectivity index is 1.82. The molecule has 2 aromatic rings. The third kappa shape index (κ3) is 5.22. The van der Waals surface area contributed by atoms with E-state index in [2.05, 4.69) is 60.8 Å². The fraction of sp³-hybridized carbons (Fsp3) is 0.429. The second-order valence-electron chi connectivity index (χ2n) is 6.04. The van der Waals surface area contributed by atoms with Gasteiger partial charge in [-0.2, -0.15) is 0 Å². The van der Waals surface area contributed by atoms with E-state index in [9.17, 15) is 0 Å². The van der Waals surface area contributed by atoms with Gasteiger partial charge in [0.15, 0.2) is 0 Å². The summed E-state index contributed by atoms with van der Waals surface area (Å²) >= 11 is 0. The predicted octanol–water partition coefficient (Wildman–Crippen LogP) is 6.30. The Labute approximate surface area is 135 Å². The Morgan fingerprint density at radius 1 is 0.682 bits per heavy atom. The Kier molecular flexibility index (Phi) is 7.02. The molecule has 2 rings (SSSR count). The molecule has 0 heterocycles. The molecule has 0 spiro atoms. The standard InChI is InChI=1S/C21H29N/c1-3-4-5-6-7-8-9-18-10-12-19(13-11-18)20-14-16-21(22-2)17-15-20/h10-17,22H,3-9H2,1-2H3. The van der Waals surface area contributed by atoms with Crippen LogP contribution in [0.1, 0.15) is 51.0 Å². The van der Waals surface area contributed by atoms with Gasteiger partial charge in [0.05, 0.1) is 0 Å². The molecule has 0 saturated carbocycles. The Bertz CT molecular complexity index is 525. The summed E-state index contributed by atoms with van der Waals surface area (Å²) < 4.78 is 0. The number of hydrogen-bond acceptors (Lipinski definition) is 1. The van der Waals surface area contributed by atoms with E-state index in [4.69, 9.17) is 0 Å². The van der Waals surface area contributed by atoms with Gasteiger partial charge in [-0.1, -0.05) is 75.4 Å². The van der Waals surface area contributed by atoms with Crippen LogP contribution in [-0.4, -0.2) is 7.05 Å². The van der Waals surface area contributed by atoms with Crippen molar-refractivity contribution in [3.8, 4) is 11.1 Å². The summed E-state index contributed by atoms with van der Waals surface area (Å²) in [7, 11) is 1.95. The monoisotopic (exact) mass is 295 g/mol. The Morgan fingerprint density at radius 2 is 1.23 bits per heavy atom. The SMILES string of the molecule is CCCCCCCCc1ccc(-c2ccc(NC)cc2)cc1. The molecular formula is C21H29N. The molecule has 0 aliphatic heterocycles. The molecule has 0 atom stereocenters. The van der Waals surface area contributed by atoms with Crippen LogP contribution in [0.4, 0.5) is 5.69 Å². The van der Waals surface area contributed by atoms with Gasteiger partial charge in [0.1, 0.15) is 0 Å². The van der Waals surface area contributed by atoms with Crippen molar-refractivity contribution in [1.82, 2.24) is 0 Å². The van der Waals surface area contributed by atoms with Crippen LogP contribution in [0.2, 0.25) is 0 Å². The first kappa shape index (κ1) is 16.6. The van der Waals surface area contributed by atoms with Crippen LogP contribution in [-0.2, 0) is 6.42 Å². The van der Waals surface area contributed by atoms with Gasteiger partial charge in [0, 0.05) is 12.7 Å². The summed E-state index contributed by atoms with van der Waals surface area (Å²) in [6.45, 7) is 2.27. The summed E-state index contributed by atoms with van der Waals surface area (Å²) in [4.78, 5) is 0. The molecule has 0 saturated heterocycles. The molecule has 0 bridgehead atoms. The highest BCUT2D eigenvalue weighted by Gasteiger charge is 1.99. The van der Waals surface area contributed by atoms with Gasteiger partial charge in [0.25, 0.3) is 0 Å². The van der Waals surface area contributed by atoms with E-state index in [1.807, 2.05) is 7.05 Å². The van der Waals surface area contributed by atoms with Crippen LogP contribution in [0.25, 0.3) is 11.1 Å². The number of benzene rings is 2. The van der Waals surface area contributed by atoms with Crippen molar-refractivity contribution in [3.63, 3.8) is 0 Å². The van der Waals surface area contributed by atoms with Gasteiger partial charge in [-0.15, -0.1) is 0 Å². The predicted molar refractivity (Wildman–Crippen MR) is 98.5 cm³/mol. The van der Waals surface area contributed by atoms with Crippen molar-refractivity contribution in [2.45, 2.75) is 51.9 Å². The lowest BCUT2D eigenvalue weighted by molar-refractivity contribution is 0.607. The minimum atomic E-state index is 1.16. The summed E-state index contributed by atoms with van der Waals surface area (Å²) in [6, 6.07) is 17.7. The van der Waals surface area contributed by atoms with E-state index < -0.39 is 0 Å². The molecule has 1 nitrogen and oxygen atoms in total. The molecule has 22 heavy (non-hydrogen) atoms. The van der Waals surface area contributed by atoms with Gasteiger partial charge in [-0.3, -0.25) is 0 Å². The summed E-state index contributed by atoms with van der Waals surface area (Å²) in [5.74, 6) is 0. The molecule has 1 N–H and O–H groups in total. The number of nitrogens with one attached hydrogen (secondary N) is 1. The maximum absolute atomic E-state index is 3.16. The minimum absolute atomic E-state index is 1.16. The molecule has 118 valence electrons. The fourth-order valence-electron chi connectivity index (χ4n) is 2.80. The minimum Gasteiger partial charge on any atom is -0.388 e. The normalized spacial score (nSPS) is 10.6. The molecule has 0 aromatic heterocycles. The zero-order valence-electron chi connectivity index (χ0n) is 14.1. The zero-order chi connectivity index (χ0) is 15.6. The number of unbranched alkanes of at least 4 members (excludes halogenated alkanes) is 5. The van der Waals surface area contributed by atoms with Crippen molar-refractivity contribution >= 4 is 5.69 Å². The van der Waals surface area contributed by atoms with E-state index in [0.717, 1.165) is 5.69 Å². The first-order chi connectivity index (χ1) is 10.8. The largest absolute Gasteiger partial charge is 0.388 e. The molecule has 2 aromatic carbocycles. The van der Waals surface area contributed by atoms with E-state index >= 15 is 0 Å². The van der Waals surface area contributed by atoms with Gasteiger partial charge >= 0.3 is 0 Å². The number of anilines is 1. The molecule has 0 aliphatic rings. The molecule has 0 radical (unpaired) electrons. The average molecular weight is 295 g/mol. The lowest BCUT2D eigenvalue weighted by atomic mass is 10.0. The summed E-state index contributed by atoms with van der Waals surface area (Å²) in [5, 5.41) is 3.16. The lowest BCUT2D eigenvalue weighted by Gasteiger charge is -2.06. The van der Waals surface area contributed by atoms with Crippen molar-refractivity contribution < 1.29 is 0 Å². The third-order valence-corrected chi connectivity index (χ3v) is 4.28. The number of hydrogen-bond donors (Lipinski definition) is 1. The Hall–Kier alpha value is -1.76. The van der Waals surface area contributed by atoms with Crippen LogP contribution < -0.4 is 5.32 Å². The van der Waals surface area contributed by atoms with Crippen molar-refractivity contribution in [2.75, 3.05) is 12.4 Å². The van der Waals surface area contributed by atoms with E-state index in [0.29, 0.717) is 0 Å². The van der Waals surface area contributed by atoms with Gasteiger partial charge in [-0.25, -0.2) is 0 Å². The van der Waals surface area contributed by atoms with Crippen molar-refractivity contribution in [2.24, 2.45) is 0 Å². The van der Waals surface area contributed by atoms with Crippen molar-refractivity contribution in [3.05, 3.63) is 54.1 Å². The molecular weight excluding hydrogens is 266 g/mol. The smallest absolute Gasteiger partial charge is 0.0337 e. The van der Waals surface area contributed by atoms with Crippen molar-refractivity contribution in [1.29, 1.82) is 0 Å². The Morgan fingerprint density at radius 3 is 1.82 bits per heavy atom. The van der Waals surface area contributed by atoms with E-state index in [1.54, 1.807) is 0 Å². The maximum Gasteiger partial charge on any atom is 0.0337 e. The van der Waals surface area contributed by atoms with E-state index in [-0.39, 0.29) is 0 Å². The van der Waals surface area contributed by atoms with Crippen LogP contribution in [0.5, 0.6) is 0 Å². The maximum atomic E-state index is 3.16. The molecule has 0 fully saturated rings. The highest BCUT2D eigenvalue weighted by Crippen LogP contribution is 2.22. The van der Waals surface area contributed by atoms with Crippen LogP contribution >= 0.6 is 0 Å². The second-order valence-corrected chi connectivity index (χ2v) is 6.04. The number of aryl methyl sites for hydroxylation is 1. The molecule has 0 amide bonds. The highest BCUT2D eigenvalue weighted by atomic mass is 14.8. The summed E-state index contributed by atoms with van der Waals surface area (Å²) in [5.41, 5.74) is 5.20. The first-order valence-electron chi connectivity index (χ1n) is 8.70. The van der Waals surface area contributed by atoms with E-state index in [1.165, 1.54) is 61.6 Å². The molecule has 1 heteroatoms. The van der Waals surface area contributed by atoms with Gasteiger partial charge < -0.3 is 5.32 Å². The van der Waals surface area contributed by atoms with Crippen LogP contribution in [0.15, 0.2) is 48.5 Å². The lowest BCUT2D eigenvalue weighted by Crippen LogP contribution is -1.88. The second kappa shape index (κ2) is 9.30. The quantitative estimate of drug-likeness (QED) is 0.535. The van der Waals surface area contributed by atoms with Gasteiger partial charge in [-0.05, 0) is 41.7 Å². The molecule has 0 unspecified atom stereocenters. The third-order valence-electron chi connectivity index (χ3n) is 4.28. The van der Waals surface area contributed by atoms with Gasteiger partial charge in [0.2, 0.25) is 0 Å². The van der Waals surface area contributed by atoms with Crippen LogP contribution in [0.3, 0.4) is 0 Å². The molecule has 0 aliphatic carbocycles. The average Bonchev–Trinajstić information content (AvgIpc) is 2.59. The number of rotatable bonds is 9. The first-order valence-corrected chi connectivity index (χ1v) is 8.70. The zero-order valence-corrected chi connectivity index (χ0v) is 14.1. The topological polar surface area (TPSA) is 12.0 Å². The van der Waals surface area contributed by atoms with Crippen LogP contribution in [0, 0.1) is 0 Å².